The average Bonchev–Trinajstić information content (AvgIpc) is 3.08. The zero-order valence-corrected chi connectivity index (χ0v) is 13.0. The lowest BCUT2D eigenvalue weighted by Crippen LogP contribution is -2.54. The molecule has 0 spiro atoms. The Labute approximate surface area is 137 Å². The van der Waals surface area contributed by atoms with E-state index in [0.717, 1.165) is 6.07 Å². The first kappa shape index (κ1) is 16.0. The molecule has 2 heterocycles. The van der Waals surface area contributed by atoms with Gasteiger partial charge in [0.1, 0.15) is 0 Å². The second-order valence-electron chi connectivity index (χ2n) is 5.66. The average molecular weight is 333 g/mol. The smallest absolute Gasteiger partial charge is 0.289 e. The maximum atomic E-state index is 14.2. The third-order valence-corrected chi connectivity index (χ3v) is 4.10. The fraction of sp³-hybridized carbons (Fsp3) is 0.312. The molecule has 24 heavy (non-hydrogen) atoms. The molecule has 0 saturated carbocycles. The van der Waals surface area contributed by atoms with Crippen LogP contribution in [0.15, 0.2) is 41.0 Å². The van der Waals surface area contributed by atoms with Crippen molar-refractivity contribution in [2.24, 2.45) is 0 Å². The summed E-state index contributed by atoms with van der Waals surface area (Å²) in [5.74, 6) is -0.560. The van der Waals surface area contributed by atoms with Crippen LogP contribution < -0.4 is 4.90 Å². The van der Waals surface area contributed by atoms with Gasteiger partial charge in [-0.1, -0.05) is 0 Å². The Morgan fingerprint density at radius 3 is 2.75 bits per heavy atom. The minimum absolute atomic E-state index is 0.147. The lowest BCUT2D eigenvalue weighted by Gasteiger charge is -2.40. The SMILES string of the molecule is C[C@@H]1CN(c2ccc([N+](=O)[O-])cc2F)CCN1C(=O)c1ccco1. The maximum absolute atomic E-state index is 14.2. The van der Waals surface area contributed by atoms with Crippen LogP contribution in [-0.4, -0.2) is 41.4 Å². The molecule has 1 fully saturated rings. The molecule has 0 unspecified atom stereocenters. The minimum Gasteiger partial charge on any atom is -0.459 e. The number of piperazine rings is 1. The van der Waals surface area contributed by atoms with Gasteiger partial charge in [-0.15, -0.1) is 0 Å². The minimum atomic E-state index is -0.637. The van der Waals surface area contributed by atoms with Gasteiger partial charge in [-0.2, -0.15) is 0 Å². The molecule has 1 aromatic heterocycles. The van der Waals surface area contributed by atoms with Crippen molar-refractivity contribution in [1.82, 2.24) is 4.90 Å². The molecule has 0 N–H and O–H groups in total. The molecule has 1 atom stereocenters. The maximum Gasteiger partial charge on any atom is 0.289 e. The normalized spacial score (nSPS) is 17.8. The van der Waals surface area contributed by atoms with E-state index in [2.05, 4.69) is 0 Å². The number of nitro benzene ring substituents is 1. The first-order valence-corrected chi connectivity index (χ1v) is 7.50. The number of anilines is 1. The fourth-order valence-electron chi connectivity index (χ4n) is 2.89. The molecule has 1 saturated heterocycles. The predicted molar refractivity (Wildman–Crippen MR) is 84.5 cm³/mol. The molecule has 1 aliphatic rings. The van der Waals surface area contributed by atoms with Gasteiger partial charge in [0.25, 0.3) is 11.6 Å². The Morgan fingerprint density at radius 2 is 2.17 bits per heavy atom. The number of carbonyl (C=O) groups excluding carboxylic acids is 1. The number of nitrogens with zero attached hydrogens (tertiary/aromatic N) is 3. The summed E-state index contributed by atoms with van der Waals surface area (Å²) in [5, 5.41) is 10.7. The fourth-order valence-corrected chi connectivity index (χ4v) is 2.89. The Hall–Kier alpha value is -2.90. The van der Waals surface area contributed by atoms with Gasteiger partial charge < -0.3 is 14.2 Å². The number of carbonyl (C=O) groups is 1. The second-order valence-corrected chi connectivity index (χ2v) is 5.66. The van der Waals surface area contributed by atoms with Crippen LogP contribution in [0.1, 0.15) is 17.5 Å². The molecular formula is C16H16FN3O4. The van der Waals surface area contributed by atoms with Crippen molar-refractivity contribution in [2.75, 3.05) is 24.5 Å². The van der Waals surface area contributed by atoms with Gasteiger partial charge in [0.2, 0.25) is 0 Å². The number of halogens is 1. The summed E-state index contributed by atoms with van der Waals surface area (Å²) in [6, 6.07) is 6.72. The summed E-state index contributed by atoms with van der Waals surface area (Å²) in [7, 11) is 0. The molecule has 1 aromatic carbocycles. The molecule has 1 aliphatic heterocycles. The van der Waals surface area contributed by atoms with Crippen molar-refractivity contribution < 1.29 is 18.5 Å². The highest BCUT2D eigenvalue weighted by Crippen LogP contribution is 2.26. The molecule has 126 valence electrons. The van der Waals surface area contributed by atoms with Crippen LogP contribution in [0.25, 0.3) is 0 Å². The van der Waals surface area contributed by atoms with Crippen LogP contribution >= 0.6 is 0 Å². The quantitative estimate of drug-likeness (QED) is 0.637. The number of furan rings is 1. The first-order valence-electron chi connectivity index (χ1n) is 7.50. The summed E-state index contributed by atoms with van der Waals surface area (Å²) in [6.45, 7) is 3.15. The van der Waals surface area contributed by atoms with Gasteiger partial charge in [0, 0.05) is 31.7 Å². The molecule has 7 nitrogen and oxygen atoms in total. The predicted octanol–water partition coefficient (Wildman–Crippen LogP) is 2.68. The highest BCUT2D eigenvalue weighted by atomic mass is 19.1. The third-order valence-electron chi connectivity index (χ3n) is 4.10. The number of amides is 1. The monoisotopic (exact) mass is 333 g/mol. The van der Waals surface area contributed by atoms with Crippen molar-refractivity contribution >= 4 is 17.3 Å². The van der Waals surface area contributed by atoms with Gasteiger partial charge in [-0.05, 0) is 25.1 Å². The van der Waals surface area contributed by atoms with E-state index in [4.69, 9.17) is 4.42 Å². The van der Waals surface area contributed by atoms with Crippen LogP contribution in [0.4, 0.5) is 15.8 Å². The summed E-state index contributed by atoms with van der Waals surface area (Å²) in [6.07, 6.45) is 1.44. The van der Waals surface area contributed by atoms with Crippen LogP contribution in [0.5, 0.6) is 0 Å². The van der Waals surface area contributed by atoms with E-state index in [1.807, 2.05) is 6.92 Å². The molecule has 0 radical (unpaired) electrons. The first-order chi connectivity index (χ1) is 11.5. The Bertz CT molecular complexity index is 763. The van der Waals surface area contributed by atoms with Crippen molar-refractivity contribution in [3.63, 3.8) is 0 Å². The van der Waals surface area contributed by atoms with Crippen molar-refractivity contribution in [3.8, 4) is 0 Å². The summed E-state index contributed by atoms with van der Waals surface area (Å²) < 4.78 is 19.3. The number of non-ortho nitro benzene ring substituents is 1. The zero-order valence-electron chi connectivity index (χ0n) is 13.0. The molecule has 1 amide bonds. The summed E-state index contributed by atoms with van der Waals surface area (Å²) >= 11 is 0. The van der Waals surface area contributed by atoms with Gasteiger partial charge in [0.15, 0.2) is 11.6 Å². The van der Waals surface area contributed by atoms with Gasteiger partial charge in [0.05, 0.1) is 22.9 Å². The van der Waals surface area contributed by atoms with E-state index >= 15 is 0 Å². The van der Waals surface area contributed by atoms with E-state index in [9.17, 15) is 19.3 Å². The van der Waals surface area contributed by atoms with Gasteiger partial charge in [-0.3, -0.25) is 14.9 Å². The van der Waals surface area contributed by atoms with E-state index in [1.54, 1.807) is 21.9 Å². The van der Waals surface area contributed by atoms with Crippen LogP contribution in [0.3, 0.4) is 0 Å². The van der Waals surface area contributed by atoms with Gasteiger partial charge in [-0.25, -0.2) is 4.39 Å². The largest absolute Gasteiger partial charge is 0.459 e. The van der Waals surface area contributed by atoms with Crippen LogP contribution in [-0.2, 0) is 0 Å². The molecule has 2 aromatic rings. The number of benzene rings is 1. The standard InChI is InChI=1S/C16H16FN3O4/c1-11-10-18(14-5-4-12(20(22)23)9-13(14)17)6-7-19(11)16(21)15-3-2-8-24-15/h2-5,8-9,11H,6-7,10H2,1H3/t11-/m1/s1. The highest BCUT2D eigenvalue weighted by Gasteiger charge is 2.30. The van der Waals surface area contributed by atoms with Crippen molar-refractivity contribution in [2.45, 2.75) is 13.0 Å². The van der Waals surface area contributed by atoms with Crippen molar-refractivity contribution in [1.29, 1.82) is 0 Å². The third kappa shape index (κ3) is 2.94. The lowest BCUT2D eigenvalue weighted by atomic mass is 10.1. The Balaban J connectivity index is 1.74. The summed E-state index contributed by atoms with van der Waals surface area (Å²) in [4.78, 5) is 25.9. The molecule has 3 rings (SSSR count). The second kappa shape index (κ2) is 6.31. The molecule has 0 bridgehead atoms. The Morgan fingerprint density at radius 1 is 1.38 bits per heavy atom. The zero-order chi connectivity index (χ0) is 17.3. The van der Waals surface area contributed by atoms with Crippen LogP contribution in [0.2, 0.25) is 0 Å². The summed E-state index contributed by atoms with van der Waals surface area (Å²) in [5.41, 5.74) is 0.0217. The highest BCUT2D eigenvalue weighted by molar-refractivity contribution is 5.91. The molecule has 0 aliphatic carbocycles. The van der Waals surface area contributed by atoms with E-state index < -0.39 is 10.7 Å². The van der Waals surface area contributed by atoms with E-state index in [0.29, 0.717) is 25.3 Å². The number of hydrogen-bond donors (Lipinski definition) is 0. The Kier molecular flexibility index (Phi) is 4.20. The van der Waals surface area contributed by atoms with Gasteiger partial charge >= 0.3 is 0 Å². The number of hydrogen-bond acceptors (Lipinski definition) is 5. The van der Waals surface area contributed by atoms with Crippen molar-refractivity contribution in [3.05, 3.63) is 58.3 Å². The molecule has 8 heteroatoms. The molecular weight excluding hydrogens is 317 g/mol. The van der Waals surface area contributed by atoms with E-state index in [-0.39, 0.29) is 23.4 Å². The van der Waals surface area contributed by atoms with E-state index in [1.165, 1.54) is 18.4 Å². The lowest BCUT2D eigenvalue weighted by molar-refractivity contribution is -0.385. The number of rotatable bonds is 3. The van der Waals surface area contributed by atoms with Crippen LogP contribution in [0, 0.1) is 15.9 Å². The topological polar surface area (TPSA) is 79.8 Å². The number of nitro groups is 1.